The lowest BCUT2D eigenvalue weighted by Gasteiger charge is -2.27. The van der Waals surface area contributed by atoms with Gasteiger partial charge in [-0.1, -0.05) is 80.4 Å². The maximum Gasteiger partial charge on any atom is 0.226 e. The molecule has 0 bridgehead atoms. The summed E-state index contributed by atoms with van der Waals surface area (Å²) in [6.07, 6.45) is 7.79. The number of amides is 1. The summed E-state index contributed by atoms with van der Waals surface area (Å²) in [5.41, 5.74) is 3.42. The molecule has 0 spiro atoms. The Balaban J connectivity index is 1.45. The monoisotopic (exact) mass is 435 g/mol. The largest absolute Gasteiger partial charge is 0.343 e. The molecule has 1 heterocycles. The maximum atomic E-state index is 12.8. The minimum absolute atomic E-state index is 0.0758. The van der Waals surface area contributed by atoms with E-state index in [2.05, 4.69) is 53.5 Å². The lowest BCUT2D eigenvalue weighted by atomic mass is 9.96. The predicted octanol–water partition coefficient (Wildman–Crippen LogP) is 5.88. The zero-order chi connectivity index (χ0) is 21.5. The van der Waals surface area contributed by atoms with Gasteiger partial charge < -0.3 is 10.2 Å². The van der Waals surface area contributed by atoms with Crippen LogP contribution in [0.1, 0.15) is 56.6 Å². The van der Waals surface area contributed by atoms with Gasteiger partial charge in [-0.2, -0.15) is 0 Å². The molecular formula is C26H33N3OS. The number of anilines is 1. The van der Waals surface area contributed by atoms with E-state index < -0.39 is 0 Å². The second-order valence-electron chi connectivity index (χ2n) is 8.58. The first-order valence-corrected chi connectivity index (χ1v) is 12.6. The number of hydrogen-bond donors (Lipinski definition) is 1. The van der Waals surface area contributed by atoms with Crippen molar-refractivity contribution < 1.29 is 4.79 Å². The summed E-state index contributed by atoms with van der Waals surface area (Å²) < 4.78 is 0. The van der Waals surface area contributed by atoms with E-state index in [9.17, 15) is 4.79 Å². The molecule has 2 aromatic carbocycles. The molecule has 1 saturated carbocycles. The van der Waals surface area contributed by atoms with E-state index in [1.807, 2.05) is 30.0 Å². The molecule has 0 aromatic heterocycles. The number of thioether (sulfide) groups is 1. The Hall–Kier alpha value is -2.27. The molecule has 2 aromatic rings. The summed E-state index contributed by atoms with van der Waals surface area (Å²) in [5.74, 6) is 0.993. The molecular weight excluding hydrogens is 402 g/mol. The van der Waals surface area contributed by atoms with Gasteiger partial charge in [0.05, 0.1) is 6.04 Å². The second-order valence-corrected chi connectivity index (χ2v) is 9.57. The number of nitrogens with zero attached hydrogens (tertiary/aromatic N) is 2. The van der Waals surface area contributed by atoms with Gasteiger partial charge in [-0.15, -0.1) is 0 Å². The Bertz CT molecular complexity index is 875. The molecule has 1 unspecified atom stereocenters. The Kier molecular flexibility index (Phi) is 7.68. The molecule has 2 fully saturated rings. The van der Waals surface area contributed by atoms with Crippen LogP contribution in [0.3, 0.4) is 0 Å². The number of aryl methyl sites for hydroxylation is 1. The van der Waals surface area contributed by atoms with Crippen molar-refractivity contribution in [2.45, 2.75) is 70.5 Å². The fourth-order valence-electron chi connectivity index (χ4n) is 4.37. The summed E-state index contributed by atoms with van der Waals surface area (Å²) >= 11 is 1.82. The van der Waals surface area contributed by atoms with Crippen LogP contribution in [0.5, 0.6) is 0 Å². The quantitative estimate of drug-likeness (QED) is 0.590. The van der Waals surface area contributed by atoms with E-state index in [4.69, 9.17) is 4.99 Å². The highest BCUT2D eigenvalue weighted by Gasteiger charge is 2.32. The first-order chi connectivity index (χ1) is 15.2. The van der Waals surface area contributed by atoms with Crippen LogP contribution in [-0.2, 0) is 17.8 Å². The molecule has 31 heavy (non-hydrogen) atoms. The first-order valence-electron chi connectivity index (χ1n) is 11.6. The summed E-state index contributed by atoms with van der Waals surface area (Å²) in [5, 5.41) is 4.21. The van der Waals surface area contributed by atoms with E-state index in [0.29, 0.717) is 12.5 Å². The van der Waals surface area contributed by atoms with E-state index in [1.54, 1.807) is 0 Å². The van der Waals surface area contributed by atoms with Crippen LogP contribution in [0.2, 0.25) is 0 Å². The topological polar surface area (TPSA) is 44.7 Å². The van der Waals surface area contributed by atoms with Gasteiger partial charge in [-0.25, -0.2) is 0 Å². The van der Waals surface area contributed by atoms with Gasteiger partial charge in [0.1, 0.15) is 0 Å². The molecule has 1 aliphatic heterocycles. The number of nitrogens with one attached hydrogen (secondary N) is 1. The standard InChI is InChI=1S/C26H33N3OS/c1-2-20-13-15-23(16-14-20)27-25(30)17-24-19-31-26(28-22-11-7-4-8-12-22)29(24)18-21-9-5-3-6-10-21/h3,5-6,9-10,13-16,22,24H,2,4,7-8,11-12,17-19H2,1H3,(H,27,30). The van der Waals surface area contributed by atoms with Crippen molar-refractivity contribution in [3.63, 3.8) is 0 Å². The molecule has 1 amide bonds. The molecule has 1 atom stereocenters. The molecule has 164 valence electrons. The zero-order valence-corrected chi connectivity index (χ0v) is 19.2. The highest BCUT2D eigenvalue weighted by molar-refractivity contribution is 8.14. The van der Waals surface area contributed by atoms with Crippen molar-refractivity contribution in [2.24, 2.45) is 4.99 Å². The summed E-state index contributed by atoms with van der Waals surface area (Å²) in [4.78, 5) is 20.3. The van der Waals surface area contributed by atoms with Crippen molar-refractivity contribution in [2.75, 3.05) is 11.1 Å². The van der Waals surface area contributed by atoms with Gasteiger partial charge in [0.25, 0.3) is 0 Å². The van der Waals surface area contributed by atoms with Gasteiger partial charge in [0.15, 0.2) is 5.17 Å². The van der Waals surface area contributed by atoms with E-state index >= 15 is 0 Å². The van der Waals surface area contributed by atoms with Gasteiger partial charge >= 0.3 is 0 Å². The van der Waals surface area contributed by atoms with E-state index in [0.717, 1.165) is 29.6 Å². The van der Waals surface area contributed by atoms with Crippen molar-refractivity contribution in [1.29, 1.82) is 0 Å². The average molecular weight is 436 g/mol. The van der Waals surface area contributed by atoms with E-state index in [-0.39, 0.29) is 11.9 Å². The molecule has 4 nitrogen and oxygen atoms in total. The normalized spacial score (nSPS) is 20.9. The minimum Gasteiger partial charge on any atom is -0.343 e. The third-order valence-electron chi connectivity index (χ3n) is 6.22. The molecule has 2 aliphatic rings. The number of carbonyl (C=O) groups excluding carboxylic acids is 1. The van der Waals surface area contributed by atoms with Gasteiger partial charge in [0.2, 0.25) is 5.91 Å². The number of carbonyl (C=O) groups is 1. The fraction of sp³-hybridized carbons (Fsp3) is 0.462. The Morgan fingerprint density at radius 3 is 2.48 bits per heavy atom. The summed E-state index contributed by atoms with van der Waals surface area (Å²) in [6, 6.07) is 19.3. The fourth-order valence-corrected chi connectivity index (χ4v) is 5.62. The molecule has 5 heteroatoms. The van der Waals surface area contributed by atoms with Crippen molar-refractivity contribution in [1.82, 2.24) is 4.90 Å². The highest BCUT2D eigenvalue weighted by atomic mass is 32.2. The van der Waals surface area contributed by atoms with Gasteiger partial charge in [0, 0.05) is 30.4 Å². The van der Waals surface area contributed by atoms with Crippen molar-refractivity contribution in [3.8, 4) is 0 Å². The molecule has 1 saturated heterocycles. The third kappa shape index (κ3) is 6.13. The van der Waals surface area contributed by atoms with Crippen LogP contribution in [0.4, 0.5) is 5.69 Å². The van der Waals surface area contributed by atoms with Crippen molar-refractivity contribution in [3.05, 3.63) is 65.7 Å². The van der Waals surface area contributed by atoms with Crippen LogP contribution >= 0.6 is 11.8 Å². The second kappa shape index (κ2) is 10.9. The zero-order valence-electron chi connectivity index (χ0n) is 18.4. The lowest BCUT2D eigenvalue weighted by molar-refractivity contribution is -0.116. The third-order valence-corrected chi connectivity index (χ3v) is 7.37. The predicted molar refractivity (Wildman–Crippen MR) is 132 cm³/mol. The smallest absolute Gasteiger partial charge is 0.226 e. The summed E-state index contributed by atoms with van der Waals surface area (Å²) in [6.45, 7) is 2.95. The SMILES string of the molecule is CCc1ccc(NC(=O)CC2CSC(=NC3CCCCC3)N2Cc2ccccc2)cc1. The average Bonchev–Trinajstić information content (AvgIpc) is 3.16. The molecule has 1 N–H and O–H groups in total. The number of hydrogen-bond acceptors (Lipinski definition) is 3. The molecule has 1 aliphatic carbocycles. The van der Waals surface area contributed by atoms with E-state index in [1.165, 1.54) is 43.2 Å². The number of rotatable bonds is 7. The first kappa shape index (κ1) is 21.9. The van der Waals surface area contributed by atoms with Crippen LogP contribution in [0.15, 0.2) is 59.6 Å². The van der Waals surface area contributed by atoms with Crippen LogP contribution < -0.4 is 5.32 Å². The van der Waals surface area contributed by atoms with Gasteiger partial charge in [-0.05, 0) is 42.5 Å². The van der Waals surface area contributed by atoms with Crippen molar-refractivity contribution >= 4 is 28.5 Å². The Labute approximate surface area is 190 Å². The van der Waals surface area contributed by atoms with Gasteiger partial charge in [-0.3, -0.25) is 9.79 Å². The number of aliphatic imine (C=N–C) groups is 1. The highest BCUT2D eigenvalue weighted by Crippen LogP contribution is 2.31. The number of benzene rings is 2. The minimum atomic E-state index is 0.0758. The maximum absolute atomic E-state index is 12.8. The van der Waals surface area contributed by atoms with Crippen LogP contribution in [0.25, 0.3) is 0 Å². The number of amidine groups is 1. The Morgan fingerprint density at radius 2 is 1.77 bits per heavy atom. The summed E-state index contributed by atoms with van der Waals surface area (Å²) in [7, 11) is 0. The van der Waals surface area contributed by atoms with Crippen LogP contribution in [-0.4, -0.2) is 33.8 Å². The molecule has 0 radical (unpaired) electrons. The molecule has 4 rings (SSSR count). The Morgan fingerprint density at radius 1 is 1.03 bits per heavy atom. The lowest BCUT2D eigenvalue weighted by Crippen LogP contribution is -2.37. The van der Waals surface area contributed by atoms with Crippen LogP contribution in [0, 0.1) is 0 Å².